The smallest absolute Gasteiger partial charge is 0.331 e. The molecule has 7 nitrogen and oxygen atoms in total. The standard InChI is InChI=1S/C21H28N2O5/c1-3-27-17-11-8-16(9-12-17)10-13-20(25)28-14-19(24)23-21(26)22-18-7-5-4-6-15(18)2/h8-13,15,18H,3-7,14H2,1-2H3,(H2,22,23,24,26)/b13-10+/t15-,18-/m0/s1. The molecular formula is C21H28N2O5. The molecule has 152 valence electrons. The van der Waals surface area contributed by atoms with Gasteiger partial charge in [-0.05, 0) is 49.5 Å². The summed E-state index contributed by atoms with van der Waals surface area (Å²) in [6, 6.07) is 6.73. The summed E-state index contributed by atoms with van der Waals surface area (Å²) in [6.07, 6.45) is 7.02. The molecule has 1 aliphatic carbocycles. The number of carbonyl (C=O) groups excluding carboxylic acids is 3. The Balaban J connectivity index is 1.69. The van der Waals surface area contributed by atoms with Crippen LogP contribution in [0, 0.1) is 5.92 Å². The average Bonchev–Trinajstić information content (AvgIpc) is 2.68. The molecule has 7 heteroatoms. The number of hydrogen-bond acceptors (Lipinski definition) is 5. The van der Waals surface area contributed by atoms with E-state index in [1.54, 1.807) is 30.3 Å². The van der Waals surface area contributed by atoms with Gasteiger partial charge < -0.3 is 14.8 Å². The molecule has 2 N–H and O–H groups in total. The summed E-state index contributed by atoms with van der Waals surface area (Å²) in [5.41, 5.74) is 0.797. The number of amides is 3. The molecule has 0 unspecified atom stereocenters. The molecule has 1 fully saturated rings. The van der Waals surface area contributed by atoms with E-state index >= 15 is 0 Å². The van der Waals surface area contributed by atoms with Crippen molar-refractivity contribution in [1.82, 2.24) is 10.6 Å². The molecule has 1 aromatic rings. The summed E-state index contributed by atoms with van der Waals surface area (Å²) in [5.74, 6) is -0.186. The highest BCUT2D eigenvalue weighted by molar-refractivity contribution is 5.96. The summed E-state index contributed by atoms with van der Waals surface area (Å²) in [4.78, 5) is 35.4. The van der Waals surface area contributed by atoms with Gasteiger partial charge in [0.1, 0.15) is 5.75 Å². The number of nitrogens with one attached hydrogen (secondary N) is 2. The predicted molar refractivity (Wildman–Crippen MR) is 106 cm³/mol. The van der Waals surface area contributed by atoms with Crippen molar-refractivity contribution in [3.05, 3.63) is 35.9 Å². The van der Waals surface area contributed by atoms with E-state index in [4.69, 9.17) is 9.47 Å². The number of esters is 1. The zero-order valence-electron chi connectivity index (χ0n) is 16.4. The summed E-state index contributed by atoms with van der Waals surface area (Å²) >= 11 is 0. The molecule has 0 aliphatic heterocycles. The molecule has 0 saturated heterocycles. The fourth-order valence-electron chi connectivity index (χ4n) is 3.09. The van der Waals surface area contributed by atoms with Gasteiger partial charge in [0, 0.05) is 12.1 Å². The minimum Gasteiger partial charge on any atom is -0.494 e. The van der Waals surface area contributed by atoms with Crippen molar-refractivity contribution >= 4 is 24.0 Å². The highest BCUT2D eigenvalue weighted by Gasteiger charge is 2.23. The van der Waals surface area contributed by atoms with Gasteiger partial charge in [-0.1, -0.05) is 31.9 Å². The number of urea groups is 1. The third kappa shape index (κ3) is 7.42. The van der Waals surface area contributed by atoms with Crippen LogP contribution in [0.4, 0.5) is 4.79 Å². The second-order valence-corrected chi connectivity index (χ2v) is 6.83. The van der Waals surface area contributed by atoms with Crippen LogP contribution < -0.4 is 15.4 Å². The first kappa shape index (κ1) is 21.5. The molecule has 0 bridgehead atoms. The number of carbonyl (C=O) groups is 3. The van der Waals surface area contributed by atoms with Crippen molar-refractivity contribution < 1.29 is 23.9 Å². The Bertz CT molecular complexity index is 699. The van der Waals surface area contributed by atoms with Crippen LogP contribution in [-0.2, 0) is 14.3 Å². The van der Waals surface area contributed by atoms with Crippen molar-refractivity contribution in [2.75, 3.05) is 13.2 Å². The summed E-state index contributed by atoms with van der Waals surface area (Å²) < 4.78 is 10.2. The minimum atomic E-state index is -0.663. The lowest BCUT2D eigenvalue weighted by Crippen LogP contribution is -2.48. The number of rotatable bonds is 7. The van der Waals surface area contributed by atoms with Gasteiger partial charge in [0.15, 0.2) is 6.61 Å². The van der Waals surface area contributed by atoms with E-state index < -0.39 is 24.5 Å². The molecule has 1 aliphatic rings. The predicted octanol–water partition coefficient (Wildman–Crippen LogP) is 3.05. The summed E-state index contributed by atoms with van der Waals surface area (Å²) in [6.45, 7) is 4.06. The highest BCUT2D eigenvalue weighted by atomic mass is 16.5. The van der Waals surface area contributed by atoms with E-state index in [0.717, 1.165) is 30.6 Å². The number of imide groups is 1. The van der Waals surface area contributed by atoms with E-state index in [2.05, 4.69) is 17.6 Å². The van der Waals surface area contributed by atoms with Gasteiger partial charge in [0.25, 0.3) is 5.91 Å². The van der Waals surface area contributed by atoms with E-state index in [1.165, 1.54) is 12.5 Å². The molecule has 3 amide bonds. The van der Waals surface area contributed by atoms with Crippen LogP contribution in [0.5, 0.6) is 5.75 Å². The molecule has 0 heterocycles. The first-order chi connectivity index (χ1) is 13.5. The molecule has 0 aromatic heterocycles. The van der Waals surface area contributed by atoms with Crippen LogP contribution in [0.2, 0.25) is 0 Å². The Morgan fingerprint density at radius 2 is 1.86 bits per heavy atom. The Morgan fingerprint density at radius 1 is 1.14 bits per heavy atom. The maximum Gasteiger partial charge on any atom is 0.331 e. The zero-order valence-corrected chi connectivity index (χ0v) is 16.4. The summed E-state index contributed by atoms with van der Waals surface area (Å²) in [5, 5.41) is 5.00. The SMILES string of the molecule is CCOc1ccc(/C=C/C(=O)OCC(=O)NC(=O)N[C@H]2CCCC[C@@H]2C)cc1. The Labute approximate surface area is 165 Å². The highest BCUT2D eigenvalue weighted by Crippen LogP contribution is 2.23. The molecule has 1 aromatic carbocycles. The zero-order chi connectivity index (χ0) is 20.4. The van der Waals surface area contributed by atoms with Gasteiger partial charge in [0.05, 0.1) is 6.61 Å². The van der Waals surface area contributed by atoms with Gasteiger partial charge in [0.2, 0.25) is 0 Å². The fourth-order valence-corrected chi connectivity index (χ4v) is 3.09. The Kier molecular flexibility index (Phi) is 8.52. The van der Waals surface area contributed by atoms with Crippen molar-refractivity contribution in [3.8, 4) is 5.75 Å². The third-order valence-corrected chi connectivity index (χ3v) is 4.63. The lowest BCUT2D eigenvalue weighted by Gasteiger charge is -2.29. The summed E-state index contributed by atoms with van der Waals surface area (Å²) in [7, 11) is 0. The molecule has 2 atom stereocenters. The number of benzene rings is 1. The normalized spacial score (nSPS) is 19.1. The first-order valence-electron chi connectivity index (χ1n) is 9.66. The van der Waals surface area contributed by atoms with Crippen molar-refractivity contribution in [1.29, 1.82) is 0 Å². The maximum absolute atomic E-state index is 11.9. The van der Waals surface area contributed by atoms with Gasteiger partial charge in [-0.25, -0.2) is 9.59 Å². The second kappa shape index (κ2) is 11.1. The molecule has 0 spiro atoms. The molecule has 28 heavy (non-hydrogen) atoms. The quantitative estimate of drug-likeness (QED) is 0.553. The third-order valence-electron chi connectivity index (χ3n) is 4.63. The lowest BCUT2D eigenvalue weighted by atomic mass is 9.86. The van der Waals surface area contributed by atoms with Crippen LogP contribution in [0.1, 0.15) is 45.1 Å². The van der Waals surface area contributed by atoms with Crippen molar-refractivity contribution in [2.24, 2.45) is 5.92 Å². The fraction of sp³-hybridized carbons (Fsp3) is 0.476. The second-order valence-electron chi connectivity index (χ2n) is 6.83. The largest absolute Gasteiger partial charge is 0.494 e. The van der Waals surface area contributed by atoms with Gasteiger partial charge in [-0.3, -0.25) is 10.1 Å². The number of hydrogen-bond donors (Lipinski definition) is 2. The first-order valence-corrected chi connectivity index (χ1v) is 9.66. The van der Waals surface area contributed by atoms with E-state index in [0.29, 0.717) is 12.5 Å². The van der Waals surface area contributed by atoms with Crippen LogP contribution in [0.25, 0.3) is 6.08 Å². The van der Waals surface area contributed by atoms with Crippen LogP contribution >= 0.6 is 0 Å². The van der Waals surface area contributed by atoms with Crippen LogP contribution in [-0.4, -0.2) is 37.2 Å². The Hall–Kier alpha value is -2.83. The molecule has 2 rings (SSSR count). The van der Waals surface area contributed by atoms with Crippen LogP contribution in [0.3, 0.4) is 0 Å². The van der Waals surface area contributed by atoms with Gasteiger partial charge in [-0.2, -0.15) is 0 Å². The minimum absolute atomic E-state index is 0.0705. The van der Waals surface area contributed by atoms with E-state index in [1.807, 2.05) is 6.92 Å². The van der Waals surface area contributed by atoms with Crippen molar-refractivity contribution in [3.63, 3.8) is 0 Å². The molecular weight excluding hydrogens is 360 g/mol. The van der Waals surface area contributed by atoms with Gasteiger partial charge >= 0.3 is 12.0 Å². The van der Waals surface area contributed by atoms with E-state index in [-0.39, 0.29) is 6.04 Å². The van der Waals surface area contributed by atoms with Gasteiger partial charge in [-0.15, -0.1) is 0 Å². The molecule has 1 saturated carbocycles. The Morgan fingerprint density at radius 3 is 2.54 bits per heavy atom. The monoisotopic (exact) mass is 388 g/mol. The number of ether oxygens (including phenoxy) is 2. The maximum atomic E-state index is 11.9. The molecule has 0 radical (unpaired) electrons. The average molecular weight is 388 g/mol. The van der Waals surface area contributed by atoms with Crippen molar-refractivity contribution in [2.45, 2.75) is 45.6 Å². The lowest BCUT2D eigenvalue weighted by molar-refractivity contribution is -0.143. The van der Waals surface area contributed by atoms with Crippen LogP contribution in [0.15, 0.2) is 30.3 Å². The van der Waals surface area contributed by atoms with E-state index in [9.17, 15) is 14.4 Å². The topological polar surface area (TPSA) is 93.7 Å².